The molecular weight excluding hydrogens is 1150 g/mol. The van der Waals surface area contributed by atoms with E-state index in [9.17, 15) is 50.5 Å². The van der Waals surface area contributed by atoms with Gasteiger partial charge in [-0.1, -0.05) is 83.1 Å². The molecule has 6 unspecified atom stereocenters. The van der Waals surface area contributed by atoms with Crippen LogP contribution in [0.4, 0.5) is 0 Å². The Labute approximate surface area is 477 Å². The minimum atomic E-state index is -4.00. The minimum absolute atomic E-state index is 0.0363. The fourth-order valence-electron chi connectivity index (χ4n) is 11.8. The van der Waals surface area contributed by atoms with Gasteiger partial charge in [0, 0.05) is 71.8 Å². The van der Waals surface area contributed by atoms with Crippen LogP contribution in [0.2, 0.25) is 0 Å². The van der Waals surface area contributed by atoms with Crippen molar-refractivity contribution < 1.29 is 78.9 Å². The summed E-state index contributed by atoms with van der Waals surface area (Å²) in [6.45, 7) is 18.7. The van der Waals surface area contributed by atoms with E-state index in [0.717, 1.165) is 37.5 Å². The average molecular weight is 1260 g/mol. The van der Waals surface area contributed by atoms with Crippen LogP contribution in [-0.4, -0.2) is 187 Å². The van der Waals surface area contributed by atoms with Crippen molar-refractivity contribution in [2.24, 2.45) is 54.1 Å². The van der Waals surface area contributed by atoms with Crippen LogP contribution in [0.3, 0.4) is 0 Å². The molecule has 2 bridgehead atoms. The van der Waals surface area contributed by atoms with E-state index < -0.39 is 135 Å². The molecule has 2 fully saturated rings. The summed E-state index contributed by atoms with van der Waals surface area (Å²) in [6, 6.07) is 0. The molecular formula is C49H102N6O18S6. The Morgan fingerprint density at radius 1 is 0.316 bits per heavy atom. The molecule has 2 heterocycles. The first-order valence-electron chi connectivity index (χ1n) is 26.2. The lowest BCUT2D eigenvalue weighted by atomic mass is 9.55. The summed E-state index contributed by atoms with van der Waals surface area (Å²) >= 11 is 0. The van der Waals surface area contributed by atoms with Gasteiger partial charge in [-0.25, -0.2) is 78.8 Å². The van der Waals surface area contributed by atoms with Crippen molar-refractivity contribution >= 4 is 60.1 Å². The van der Waals surface area contributed by atoms with Gasteiger partial charge in [-0.2, -0.15) is 0 Å². The molecule has 0 aromatic heterocycles. The second-order valence-corrected chi connectivity index (χ2v) is 39.2. The molecule has 6 atom stereocenters. The van der Waals surface area contributed by atoms with E-state index >= 15 is 0 Å². The molecule has 2 rings (SSSR count). The van der Waals surface area contributed by atoms with Crippen LogP contribution in [-0.2, 0) is 88.6 Å². The summed E-state index contributed by atoms with van der Waals surface area (Å²) in [7, 11) is -23.6. The van der Waals surface area contributed by atoms with Gasteiger partial charge < -0.3 is 28.4 Å². The first kappa shape index (κ1) is 74.3. The van der Waals surface area contributed by atoms with Gasteiger partial charge >= 0.3 is 0 Å². The van der Waals surface area contributed by atoms with Gasteiger partial charge in [-0.15, -0.1) is 0 Å². The predicted octanol–water partition coefficient (Wildman–Crippen LogP) is 2.72. The second kappa shape index (κ2) is 27.3. The Hall–Kier alpha value is -0.780. The van der Waals surface area contributed by atoms with Crippen LogP contribution >= 0.6 is 0 Å². The average Bonchev–Trinajstić information content (AvgIpc) is 3.20. The highest BCUT2D eigenvalue weighted by Crippen LogP contribution is 2.55. The SMILES string of the molecule is CC(C)(C)CC1(CNS(C)(=O)=O)COCOCC(CNS(C)(=O)=O)(CC(C)(C)C)CC2(CNS(C)(=O)=O)COCOCC(CNS(C)(=O)=O)(C1)CC(CNS(C)(=O)=O)(C(C)(C)C)COCOCC(CNS(C)(=O)=O)(C(C)(C)C)C2. The van der Waals surface area contributed by atoms with Crippen LogP contribution in [0.1, 0.15) is 122 Å². The topological polar surface area (TPSA) is 332 Å². The minimum Gasteiger partial charge on any atom is -0.355 e. The van der Waals surface area contributed by atoms with Gasteiger partial charge in [0.05, 0.1) is 77.2 Å². The first-order valence-corrected chi connectivity index (χ1v) is 37.6. The fourth-order valence-corrected chi connectivity index (χ4v) is 15.2. The quantitative estimate of drug-likeness (QED) is 0.102. The lowest BCUT2D eigenvalue weighted by molar-refractivity contribution is -0.181. The van der Waals surface area contributed by atoms with E-state index in [4.69, 9.17) is 28.4 Å². The van der Waals surface area contributed by atoms with Gasteiger partial charge in [0.2, 0.25) is 60.1 Å². The smallest absolute Gasteiger partial charge is 0.208 e. The van der Waals surface area contributed by atoms with E-state index in [1.54, 1.807) is 0 Å². The zero-order chi connectivity index (χ0) is 61.3. The Bertz CT molecular complexity index is 2490. The number of fused-ring (bicyclic) bond motifs is 6. The van der Waals surface area contributed by atoms with Crippen molar-refractivity contribution in [3.8, 4) is 0 Å². The summed E-state index contributed by atoms with van der Waals surface area (Å²) in [5.41, 5.74) is -10.6. The summed E-state index contributed by atoms with van der Waals surface area (Å²) in [5, 5.41) is 0. The molecule has 472 valence electrons. The van der Waals surface area contributed by atoms with Crippen molar-refractivity contribution in [2.75, 3.05) is 137 Å². The van der Waals surface area contributed by atoms with Gasteiger partial charge in [0.1, 0.15) is 20.4 Å². The molecule has 2 saturated heterocycles. The number of hydrogen-bond donors (Lipinski definition) is 6. The fraction of sp³-hybridized carbons (Fsp3) is 1.00. The van der Waals surface area contributed by atoms with Crippen molar-refractivity contribution in [1.82, 2.24) is 28.3 Å². The van der Waals surface area contributed by atoms with Crippen molar-refractivity contribution in [1.29, 1.82) is 0 Å². The molecule has 79 heavy (non-hydrogen) atoms. The summed E-state index contributed by atoms with van der Waals surface area (Å²) in [4.78, 5) is 0. The van der Waals surface area contributed by atoms with Crippen LogP contribution < -0.4 is 28.3 Å². The highest BCUT2D eigenvalue weighted by molar-refractivity contribution is 7.90. The maximum atomic E-state index is 13.4. The van der Waals surface area contributed by atoms with Crippen molar-refractivity contribution in [3.63, 3.8) is 0 Å². The standard InChI is InChI=1S/C49H102N6O18S6/c1-40(2,3)19-44(25-50-74(13,56)57)21-46(27-52-76(15,60)61)23-48(42(7,8)9,29-54-78(17,64)65)35-72-39-73-36-49(43(10,11)12,30-55-79(18,66)67)24-47(28-53-77(16,62)63,34-71-38-70-33-46)22-45(20-41(4,5)6,26-51-75(14,58)59)32-69-37-68-31-44/h50-55H,19-39H2,1-18H3. The van der Waals surface area contributed by atoms with E-state index in [0.29, 0.717) is 0 Å². The number of sulfonamides is 6. The van der Waals surface area contributed by atoms with Crippen LogP contribution in [0.25, 0.3) is 0 Å². The molecule has 0 aromatic rings. The maximum Gasteiger partial charge on any atom is 0.208 e. The van der Waals surface area contributed by atoms with E-state index in [2.05, 4.69) is 28.3 Å². The Balaban J connectivity index is 3.49. The van der Waals surface area contributed by atoms with Crippen LogP contribution in [0.5, 0.6) is 0 Å². The number of hydrogen-bond acceptors (Lipinski definition) is 18. The second-order valence-electron chi connectivity index (χ2n) is 28.2. The van der Waals surface area contributed by atoms with E-state index in [1.165, 1.54) is 0 Å². The lowest BCUT2D eigenvalue weighted by Crippen LogP contribution is -2.58. The first-order chi connectivity index (χ1) is 35.1. The molecule has 0 aliphatic carbocycles. The van der Waals surface area contributed by atoms with Crippen molar-refractivity contribution in [2.45, 2.75) is 122 Å². The maximum absolute atomic E-state index is 13.4. The highest BCUT2D eigenvalue weighted by Gasteiger charge is 2.55. The number of ether oxygens (including phenoxy) is 6. The number of nitrogens with one attached hydrogen (secondary N) is 6. The van der Waals surface area contributed by atoms with Gasteiger partial charge in [0.25, 0.3) is 0 Å². The number of rotatable bonds is 20. The highest BCUT2D eigenvalue weighted by atomic mass is 32.2. The molecule has 30 heteroatoms. The molecule has 0 radical (unpaired) electrons. The molecule has 0 aromatic carbocycles. The molecule has 0 amide bonds. The molecule has 0 spiro atoms. The summed E-state index contributed by atoms with van der Waals surface area (Å²) < 4.78 is 215. The largest absolute Gasteiger partial charge is 0.355 e. The third kappa shape index (κ3) is 27.9. The van der Waals surface area contributed by atoms with Gasteiger partial charge in [-0.3, -0.25) is 0 Å². The third-order valence-electron chi connectivity index (χ3n) is 15.0. The molecule has 2 aliphatic rings. The Morgan fingerprint density at radius 3 is 0.785 bits per heavy atom. The lowest BCUT2D eigenvalue weighted by Gasteiger charge is -2.54. The molecule has 0 saturated carbocycles. The molecule has 6 N–H and O–H groups in total. The van der Waals surface area contributed by atoms with Crippen molar-refractivity contribution in [3.05, 3.63) is 0 Å². The summed E-state index contributed by atoms with van der Waals surface area (Å²) in [5.74, 6) is 0. The molecule has 24 nitrogen and oxygen atoms in total. The zero-order valence-electron chi connectivity index (χ0n) is 50.6. The van der Waals surface area contributed by atoms with Crippen LogP contribution in [0, 0.1) is 54.1 Å². The third-order valence-corrected chi connectivity index (χ3v) is 19.0. The molecule has 2 aliphatic heterocycles. The van der Waals surface area contributed by atoms with Gasteiger partial charge in [0.15, 0.2) is 0 Å². The van der Waals surface area contributed by atoms with E-state index in [1.807, 2.05) is 83.1 Å². The monoisotopic (exact) mass is 1250 g/mol. The Kier molecular flexibility index (Phi) is 25.7. The van der Waals surface area contributed by atoms with Crippen LogP contribution in [0.15, 0.2) is 0 Å². The normalized spacial score (nSPS) is 29.5. The Morgan fingerprint density at radius 2 is 0.544 bits per heavy atom. The van der Waals surface area contributed by atoms with E-state index in [-0.39, 0.29) is 117 Å². The predicted molar refractivity (Wildman–Crippen MR) is 308 cm³/mol. The zero-order valence-corrected chi connectivity index (χ0v) is 55.5. The van der Waals surface area contributed by atoms with Gasteiger partial charge in [-0.05, 0) is 60.2 Å². The summed E-state index contributed by atoms with van der Waals surface area (Å²) in [6.07, 6.45) is 6.40.